The highest BCUT2D eigenvalue weighted by Gasteiger charge is 2.07. The first-order valence-electron chi connectivity index (χ1n) is 8.00. The number of aromatic hydroxyl groups is 2. The van der Waals surface area contributed by atoms with Gasteiger partial charge in [0, 0.05) is 11.6 Å². The summed E-state index contributed by atoms with van der Waals surface area (Å²) in [6.45, 7) is 1.45. The van der Waals surface area contributed by atoms with Gasteiger partial charge in [-0.05, 0) is 42.0 Å². The van der Waals surface area contributed by atoms with Crippen LogP contribution in [0.1, 0.15) is 12.5 Å². The van der Waals surface area contributed by atoms with Gasteiger partial charge in [-0.1, -0.05) is 30.3 Å². The van der Waals surface area contributed by atoms with Gasteiger partial charge in [0.25, 0.3) is 5.91 Å². The van der Waals surface area contributed by atoms with Gasteiger partial charge in [-0.25, -0.2) is 5.43 Å². The quantitative estimate of drug-likeness (QED) is 0.487. The molecule has 0 aliphatic rings. The number of hydrazone groups is 1. The van der Waals surface area contributed by atoms with Crippen LogP contribution in [0, 0.1) is 0 Å². The number of phenols is 2. The summed E-state index contributed by atoms with van der Waals surface area (Å²) >= 11 is 0. The van der Waals surface area contributed by atoms with E-state index in [2.05, 4.69) is 10.5 Å². The zero-order valence-electron chi connectivity index (χ0n) is 14.1. The maximum absolute atomic E-state index is 11.9. The molecule has 3 aromatic carbocycles. The largest absolute Gasteiger partial charge is 0.508 e. The van der Waals surface area contributed by atoms with Crippen LogP contribution in [0.4, 0.5) is 0 Å². The topological polar surface area (TPSA) is 91.2 Å². The Bertz CT molecular complexity index is 982. The number of carbonyl (C=O) groups excluding carboxylic acids is 1. The number of rotatable bonds is 5. The van der Waals surface area contributed by atoms with Gasteiger partial charge >= 0.3 is 0 Å². The Kier molecular flexibility index (Phi) is 5.03. The molecule has 0 radical (unpaired) electrons. The van der Waals surface area contributed by atoms with Gasteiger partial charge in [-0.3, -0.25) is 4.79 Å². The summed E-state index contributed by atoms with van der Waals surface area (Å²) in [5.41, 5.74) is 3.20. The van der Waals surface area contributed by atoms with Gasteiger partial charge in [0.1, 0.15) is 17.2 Å². The van der Waals surface area contributed by atoms with E-state index in [0.717, 1.165) is 10.8 Å². The molecule has 0 bridgehead atoms. The summed E-state index contributed by atoms with van der Waals surface area (Å²) in [5.74, 6) is 0.00582. The van der Waals surface area contributed by atoms with Crippen molar-refractivity contribution in [2.24, 2.45) is 5.10 Å². The van der Waals surface area contributed by atoms with E-state index in [-0.39, 0.29) is 18.1 Å². The van der Waals surface area contributed by atoms with Crippen LogP contribution in [0.3, 0.4) is 0 Å². The van der Waals surface area contributed by atoms with E-state index >= 15 is 0 Å². The molecular formula is C20H18N2O4. The number of phenolic OH excluding ortho intramolecular Hbond substituents is 2. The molecule has 6 heteroatoms. The minimum absolute atomic E-state index is 0.0492. The van der Waals surface area contributed by atoms with Crippen molar-refractivity contribution in [3.8, 4) is 17.2 Å². The number of fused-ring (bicyclic) bond motifs is 1. The Morgan fingerprint density at radius 3 is 2.58 bits per heavy atom. The van der Waals surface area contributed by atoms with Gasteiger partial charge in [0.15, 0.2) is 6.61 Å². The fourth-order valence-electron chi connectivity index (χ4n) is 2.47. The van der Waals surface area contributed by atoms with Crippen molar-refractivity contribution < 1.29 is 19.7 Å². The van der Waals surface area contributed by atoms with Gasteiger partial charge in [0.05, 0.1) is 5.71 Å². The lowest BCUT2D eigenvalue weighted by atomic mass is 10.1. The van der Waals surface area contributed by atoms with Gasteiger partial charge in [-0.2, -0.15) is 5.10 Å². The van der Waals surface area contributed by atoms with Crippen LogP contribution in [-0.2, 0) is 4.79 Å². The minimum atomic E-state index is -0.421. The van der Waals surface area contributed by atoms with Gasteiger partial charge in [-0.15, -0.1) is 0 Å². The van der Waals surface area contributed by atoms with Crippen LogP contribution in [0.2, 0.25) is 0 Å². The molecule has 0 saturated carbocycles. The van der Waals surface area contributed by atoms with Crippen molar-refractivity contribution in [1.29, 1.82) is 0 Å². The number of amides is 1. The van der Waals surface area contributed by atoms with E-state index in [4.69, 9.17) is 4.74 Å². The van der Waals surface area contributed by atoms with E-state index in [1.54, 1.807) is 13.0 Å². The number of hydrogen-bond donors (Lipinski definition) is 3. The molecule has 0 aliphatic carbocycles. The highest BCUT2D eigenvalue weighted by atomic mass is 16.5. The maximum atomic E-state index is 11.9. The molecule has 0 saturated heterocycles. The van der Waals surface area contributed by atoms with E-state index in [9.17, 15) is 15.0 Å². The lowest BCUT2D eigenvalue weighted by Crippen LogP contribution is -2.25. The standard InChI is InChI=1S/C20H18N2O4/c1-13(18-9-7-16(23)11-19(18)24)21-22-20(25)12-26-17-8-6-14-4-2-3-5-15(14)10-17/h2-11,23-24H,12H2,1H3,(H,22,25). The van der Waals surface area contributed by atoms with Crippen molar-refractivity contribution in [3.05, 3.63) is 66.2 Å². The summed E-state index contributed by atoms with van der Waals surface area (Å²) in [6, 6.07) is 17.6. The van der Waals surface area contributed by atoms with E-state index < -0.39 is 5.91 Å². The predicted molar refractivity (Wildman–Crippen MR) is 99.6 cm³/mol. The molecule has 6 nitrogen and oxygen atoms in total. The van der Waals surface area contributed by atoms with Crippen molar-refractivity contribution in [2.45, 2.75) is 6.92 Å². The van der Waals surface area contributed by atoms with E-state index in [0.29, 0.717) is 17.0 Å². The third-order valence-corrected chi connectivity index (χ3v) is 3.81. The first-order valence-corrected chi connectivity index (χ1v) is 8.00. The molecule has 0 heterocycles. The summed E-state index contributed by atoms with van der Waals surface area (Å²) in [6.07, 6.45) is 0. The normalized spacial score (nSPS) is 11.3. The fourth-order valence-corrected chi connectivity index (χ4v) is 2.47. The molecule has 0 atom stereocenters. The van der Waals surface area contributed by atoms with Gasteiger partial charge in [0.2, 0.25) is 0 Å². The Balaban J connectivity index is 1.59. The van der Waals surface area contributed by atoms with E-state index in [1.807, 2.05) is 36.4 Å². The second-order valence-electron chi connectivity index (χ2n) is 5.73. The highest BCUT2D eigenvalue weighted by molar-refractivity contribution is 6.01. The zero-order chi connectivity index (χ0) is 18.5. The van der Waals surface area contributed by atoms with Crippen LogP contribution in [0.15, 0.2) is 65.8 Å². The smallest absolute Gasteiger partial charge is 0.277 e. The first-order chi connectivity index (χ1) is 12.5. The molecule has 0 aromatic heterocycles. The van der Waals surface area contributed by atoms with Crippen molar-refractivity contribution in [1.82, 2.24) is 5.43 Å². The molecular weight excluding hydrogens is 332 g/mol. The Labute approximate surface area is 150 Å². The predicted octanol–water partition coefficient (Wildman–Crippen LogP) is 3.17. The van der Waals surface area contributed by atoms with Crippen molar-refractivity contribution in [2.75, 3.05) is 6.61 Å². The molecule has 0 aliphatic heterocycles. The molecule has 132 valence electrons. The molecule has 0 spiro atoms. The lowest BCUT2D eigenvalue weighted by molar-refractivity contribution is -0.123. The molecule has 3 aromatic rings. The third kappa shape index (κ3) is 4.10. The number of benzene rings is 3. The van der Waals surface area contributed by atoms with Crippen LogP contribution < -0.4 is 10.2 Å². The monoisotopic (exact) mass is 350 g/mol. The third-order valence-electron chi connectivity index (χ3n) is 3.81. The van der Waals surface area contributed by atoms with Crippen LogP contribution in [-0.4, -0.2) is 28.4 Å². The number of carbonyl (C=O) groups is 1. The molecule has 3 rings (SSSR count). The number of ether oxygens (including phenoxy) is 1. The molecule has 3 N–H and O–H groups in total. The van der Waals surface area contributed by atoms with E-state index in [1.165, 1.54) is 18.2 Å². The summed E-state index contributed by atoms with van der Waals surface area (Å²) in [5, 5.41) is 25.2. The average Bonchev–Trinajstić information content (AvgIpc) is 2.64. The minimum Gasteiger partial charge on any atom is -0.508 e. The number of nitrogens with one attached hydrogen (secondary N) is 1. The highest BCUT2D eigenvalue weighted by Crippen LogP contribution is 2.23. The molecule has 0 fully saturated rings. The molecule has 26 heavy (non-hydrogen) atoms. The second kappa shape index (κ2) is 7.57. The van der Waals surface area contributed by atoms with Crippen molar-refractivity contribution >= 4 is 22.4 Å². The second-order valence-corrected chi connectivity index (χ2v) is 5.73. The van der Waals surface area contributed by atoms with Gasteiger partial charge < -0.3 is 14.9 Å². The first kappa shape index (κ1) is 17.3. The average molecular weight is 350 g/mol. The van der Waals surface area contributed by atoms with Crippen molar-refractivity contribution in [3.63, 3.8) is 0 Å². The fraction of sp³-hybridized carbons (Fsp3) is 0.100. The zero-order valence-corrected chi connectivity index (χ0v) is 14.1. The maximum Gasteiger partial charge on any atom is 0.277 e. The van der Waals surface area contributed by atoms with Crippen LogP contribution in [0.5, 0.6) is 17.2 Å². The Morgan fingerprint density at radius 1 is 1.04 bits per heavy atom. The summed E-state index contributed by atoms with van der Waals surface area (Å²) in [7, 11) is 0. The summed E-state index contributed by atoms with van der Waals surface area (Å²) in [4.78, 5) is 11.9. The molecule has 1 amide bonds. The lowest BCUT2D eigenvalue weighted by Gasteiger charge is -2.08. The van der Waals surface area contributed by atoms with Crippen LogP contribution >= 0.6 is 0 Å². The summed E-state index contributed by atoms with van der Waals surface area (Å²) < 4.78 is 5.49. The number of nitrogens with zero attached hydrogens (tertiary/aromatic N) is 1. The molecule has 0 unspecified atom stereocenters. The van der Waals surface area contributed by atoms with Crippen LogP contribution in [0.25, 0.3) is 10.8 Å². The Morgan fingerprint density at radius 2 is 1.81 bits per heavy atom. The Hall–Kier alpha value is -3.54. The number of hydrogen-bond acceptors (Lipinski definition) is 5. The SMILES string of the molecule is CC(=NNC(=O)COc1ccc2ccccc2c1)c1ccc(O)cc1O.